The summed E-state index contributed by atoms with van der Waals surface area (Å²) in [6, 6.07) is 15.4. The average molecular weight is 333 g/mol. The van der Waals surface area contributed by atoms with Crippen molar-refractivity contribution in [2.24, 2.45) is 0 Å². The van der Waals surface area contributed by atoms with E-state index in [9.17, 15) is 0 Å². The fourth-order valence-corrected chi connectivity index (χ4v) is 3.97. The minimum atomic E-state index is 0.981. The number of anilines is 1. The van der Waals surface area contributed by atoms with Crippen LogP contribution in [0.3, 0.4) is 0 Å². The average Bonchev–Trinajstić information content (AvgIpc) is 2.94. The van der Waals surface area contributed by atoms with E-state index in [2.05, 4.69) is 83.8 Å². The van der Waals surface area contributed by atoms with E-state index >= 15 is 0 Å². The molecule has 3 aromatic rings. The lowest BCUT2D eigenvalue weighted by molar-refractivity contribution is 0.209. The Morgan fingerprint density at radius 2 is 1.56 bits per heavy atom. The molecule has 25 heavy (non-hydrogen) atoms. The van der Waals surface area contributed by atoms with Crippen LogP contribution in [0.5, 0.6) is 0 Å². The number of para-hydroxylation sites is 1. The highest BCUT2D eigenvalue weighted by molar-refractivity contribution is 5.83. The van der Waals surface area contributed by atoms with Gasteiger partial charge < -0.3 is 9.47 Å². The molecule has 2 aromatic carbocycles. The van der Waals surface area contributed by atoms with Gasteiger partial charge in [0, 0.05) is 49.0 Å². The van der Waals surface area contributed by atoms with Crippen LogP contribution >= 0.6 is 0 Å². The van der Waals surface area contributed by atoms with Crippen LogP contribution in [0.15, 0.2) is 48.7 Å². The van der Waals surface area contributed by atoms with Crippen molar-refractivity contribution in [2.75, 3.05) is 31.1 Å². The van der Waals surface area contributed by atoms with Crippen molar-refractivity contribution < 1.29 is 0 Å². The van der Waals surface area contributed by atoms with Gasteiger partial charge in [-0.1, -0.05) is 30.3 Å². The molecule has 0 N–H and O–H groups in total. The Labute approximate surface area is 150 Å². The number of hydrogen-bond donors (Lipinski definition) is 0. The summed E-state index contributed by atoms with van der Waals surface area (Å²) in [6.45, 7) is 12.1. The first-order valence-corrected chi connectivity index (χ1v) is 9.21. The second kappa shape index (κ2) is 6.57. The fourth-order valence-electron chi connectivity index (χ4n) is 3.97. The maximum absolute atomic E-state index is 2.56. The van der Waals surface area contributed by atoms with Gasteiger partial charge in [0.1, 0.15) is 0 Å². The highest BCUT2D eigenvalue weighted by Crippen LogP contribution is 2.25. The van der Waals surface area contributed by atoms with E-state index in [4.69, 9.17) is 0 Å². The number of fused-ring (bicyclic) bond motifs is 1. The van der Waals surface area contributed by atoms with Crippen LogP contribution in [0, 0.1) is 20.8 Å². The largest absolute Gasteiger partial charge is 0.369 e. The molecule has 0 unspecified atom stereocenters. The van der Waals surface area contributed by atoms with E-state index in [0.717, 1.165) is 32.8 Å². The molecule has 130 valence electrons. The molecule has 0 atom stereocenters. The van der Waals surface area contributed by atoms with Crippen LogP contribution in [0.25, 0.3) is 10.9 Å². The molecule has 1 saturated heterocycles. The van der Waals surface area contributed by atoms with Gasteiger partial charge in [-0.05, 0) is 49.6 Å². The quantitative estimate of drug-likeness (QED) is 0.706. The third kappa shape index (κ3) is 3.05. The smallest absolute Gasteiger partial charge is 0.0752 e. The molecule has 0 radical (unpaired) electrons. The van der Waals surface area contributed by atoms with Crippen LogP contribution in [-0.4, -0.2) is 35.6 Å². The number of nitrogens with zero attached hydrogens (tertiary/aromatic N) is 3. The van der Waals surface area contributed by atoms with Gasteiger partial charge in [-0.3, -0.25) is 4.90 Å². The van der Waals surface area contributed by atoms with Crippen molar-refractivity contribution in [2.45, 2.75) is 27.4 Å². The van der Waals surface area contributed by atoms with Gasteiger partial charge in [-0.2, -0.15) is 0 Å². The lowest BCUT2D eigenvalue weighted by Crippen LogP contribution is -2.47. The Hall–Kier alpha value is -2.26. The van der Waals surface area contributed by atoms with Gasteiger partial charge in [0.25, 0.3) is 0 Å². The SMILES string of the molecule is Cc1cccc(N2CCN(Cn3cc(C)c4ccccc43)CC2)c1C. The summed E-state index contributed by atoms with van der Waals surface area (Å²) in [7, 11) is 0. The summed E-state index contributed by atoms with van der Waals surface area (Å²) >= 11 is 0. The molecule has 0 spiro atoms. The first-order valence-electron chi connectivity index (χ1n) is 9.21. The highest BCUT2D eigenvalue weighted by Gasteiger charge is 2.19. The van der Waals surface area contributed by atoms with E-state index in [1.807, 2.05) is 0 Å². The Bertz CT molecular complexity index is 885. The van der Waals surface area contributed by atoms with E-state index in [1.165, 1.54) is 33.3 Å². The zero-order valence-corrected chi connectivity index (χ0v) is 15.5. The predicted octanol–water partition coefficient (Wildman–Crippen LogP) is 4.35. The second-order valence-electron chi connectivity index (χ2n) is 7.26. The van der Waals surface area contributed by atoms with E-state index < -0.39 is 0 Å². The van der Waals surface area contributed by atoms with E-state index in [-0.39, 0.29) is 0 Å². The fraction of sp³-hybridized carbons (Fsp3) is 0.364. The molecule has 0 bridgehead atoms. The Morgan fingerprint density at radius 3 is 2.36 bits per heavy atom. The number of aryl methyl sites for hydroxylation is 2. The normalized spacial score (nSPS) is 15.9. The minimum Gasteiger partial charge on any atom is -0.369 e. The standard InChI is InChI=1S/C22H27N3/c1-17-7-6-10-21(19(17)3)24-13-11-23(12-14-24)16-25-15-18(2)20-8-4-5-9-22(20)25/h4-10,15H,11-14,16H2,1-3H3. The van der Waals surface area contributed by atoms with Crippen LogP contribution in [0.4, 0.5) is 5.69 Å². The van der Waals surface area contributed by atoms with Crippen molar-refractivity contribution >= 4 is 16.6 Å². The molecule has 4 rings (SSSR count). The van der Waals surface area contributed by atoms with Gasteiger partial charge in [0.05, 0.1) is 6.67 Å². The monoisotopic (exact) mass is 333 g/mol. The Kier molecular flexibility index (Phi) is 4.26. The molecular formula is C22H27N3. The number of hydrogen-bond acceptors (Lipinski definition) is 2. The summed E-state index contributed by atoms with van der Waals surface area (Å²) in [5.74, 6) is 0. The Balaban J connectivity index is 1.46. The lowest BCUT2D eigenvalue weighted by atomic mass is 10.1. The molecule has 3 nitrogen and oxygen atoms in total. The number of aromatic nitrogens is 1. The Morgan fingerprint density at radius 1 is 0.800 bits per heavy atom. The summed E-state index contributed by atoms with van der Waals surface area (Å²) in [4.78, 5) is 5.10. The molecule has 1 aromatic heterocycles. The van der Waals surface area contributed by atoms with Crippen LogP contribution in [0.2, 0.25) is 0 Å². The number of benzene rings is 2. The first-order chi connectivity index (χ1) is 12.1. The molecule has 3 heteroatoms. The van der Waals surface area contributed by atoms with E-state index in [0.29, 0.717) is 0 Å². The molecule has 1 fully saturated rings. The number of piperazine rings is 1. The van der Waals surface area contributed by atoms with Crippen molar-refractivity contribution in [3.05, 3.63) is 65.4 Å². The van der Waals surface area contributed by atoms with Gasteiger partial charge in [0.15, 0.2) is 0 Å². The van der Waals surface area contributed by atoms with Crippen molar-refractivity contribution in [3.63, 3.8) is 0 Å². The molecule has 2 heterocycles. The number of rotatable bonds is 3. The predicted molar refractivity (Wildman–Crippen MR) is 106 cm³/mol. The van der Waals surface area contributed by atoms with Gasteiger partial charge in [-0.15, -0.1) is 0 Å². The highest BCUT2D eigenvalue weighted by atomic mass is 15.3. The summed E-state index contributed by atoms with van der Waals surface area (Å²) < 4.78 is 2.40. The van der Waals surface area contributed by atoms with Gasteiger partial charge >= 0.3 is 0 Å². The van der Waals surface area contributed by atoms with Crippen molar-refractivity contribution in [1.29, 1.82) is 0 Å². The van der Waals surface area contributed by atoms with E-state index in [1.54, 1.807) is 0 Å². The maximum Gasteiger partial charge on any atom is 0.0752 e. The topological polar surface area (TPSA) is 11.4 Å². The van der Waals surface area contributed by atoms with Crippen LogP contribution in [0.1, 0.15) is 16.7 Å². The molecule has 1 aliphatic heterocycles. The van der Waals surface area contributed by atoms with Gasteiger partial charge in [-0.25, -0.2) is 0 Å². The summed E-state index contributed by atoms with van der Waals surface area (Å²) in [5, 5.41) is 1.37. The van der Waals surface area contributed by atoms with Crippen LogP contribution < -0.4 is 4.90 Å². The summed E-state index contributed by atoms with van der Waals surface area (Å²) in [5.41, 5.74) is 6.92. The minimum absolute atomic E-state index is 0.981. The van der Waals surface area contributed by atoms with Crippen molar-refractivity contribution in [3.8, 4) is 0 Å². The summed E-state index contributed by atoms with van der Waals surface area (Å²) in [6.07, 6.45) is 2.29. The zero-order valence-electron chi connectivity index (χ0n) is 15.5. The molecule has 0 aliphatic carbocycles. The molecule has 1 aliphatic rings. The molecular weight excluding hydrogens is 306 g/mol. The van der Waals surface area contributed by atoms with Crippen LogP contribution in [-0.2, 0) is 6.67 Å². The molecule has 0 amide bonds. The van der Waals surface area contributed by atoms with Crippen molar-refractivity contribution in [1.82, 2.24) is 9.47 Å². The third-order valence-corrected chi connectivity index (χ3v) is 5.63. The molecule has 0 saturated carbocycles. The second-order valence-corrected chi connectivity index (χ2v) is 7.26. The van der Waals surface area contributed by atoms with Gasteiger partial charge in [0.2, 0.25) is 0 Å². The first kappa shape index (κ1) is 16.2. The zero-order chi connectivity index (χ0) is 17.4. The maximum atomic E-state index is 2.56. The lowest BCUT2D eigenvalue weighted by Gasteiger charge is -2.37. The third-order valence-electron chi connectivity index (χ3n) is 5.63.